The fraction of sp³-hybridized carbons (Fsp3) is 0.375. The molecule has 2 rings (SSSR count). The lowest BCUT2D eigenvalue weighted by Crippen LogP contribution is -2.13. The minimum Gasteiger partial charge on any atom is -0.495 e. The molecule has 0 saturated heterocycles. The first-order valence-electron chi connectivity index (χ1n) is 7.10. The van der Waals surface area contributed by atoms with Gasteiger partial charge in [0.25, 0.3) is 5.91 Å². The summed E-state index contributed by atoms with van der Waals surface area (Å²) < 4.78 is 5.25. The van der Waals surface area contributed by atoms with E-state index < -0.39 is 0 Å². The van der Waals surface area contributed by atoms with Gasteiger partial charge < -0.3 is 10.1 Å². The Morgan fingerprint density at radius 2 is 2.14 bits per heavy atom. The summed E-state index contributed by atoms with van der Waals surface area (Å²) in [5.41, 5.74) is 2.73. The Morgan fingerprint density at radius 1 is 1.41 bits per heavy atom. The number of halogens is 1. The maximum absolute atomic E-state index is 12.3. The van der Waals surface area contributed by atoms with Gasteiger partial charge >= 0.3 is 0 Å². The second-order valence-corrected chi connectivity index (χ2v) is 6.04. The highest BCUT2D eigenvalue weighted by Gasteiger charge is 2.15. The third kappa shape index (κ3) is 3.80. The summed E-state index contributed by atoms with van der Waals surface area (Å²) >= 11 is 6.06. The number of hydrogen-bond donors (Lipinski definition) is 2. The van der Waals surface area contributed by atoms with E-state index in [2.05, 4.69) is 29.4 Å². The van der Waals surface area contributed by atoms with Crippen molar-refractivity contribution in [2.24, 2.45) is 5.92 Å². The van der Waals surface area contributed by atoms with Gasteiger partial charge in [-0.15, -0.1) is 0 Å². The minimum absolute atomic E-state index is 0.286. The largest absolute Gasteiger partial charge is 0.495 e. The van der Waals surface area contributed by atoms with E-state index in [1.807, 2.05) is 6.92 Å². The maximum atomic E-state index is 12.3. The van der Waals surface area contributed by atoms with E-state index >= 15 is 0 Å². The number of carbonyl (C=O) groups excluding carboxylic acids is 1. The lowest BCUT2D eigenvalue weighted by Gasteiger charge is -2.11. The Labute approximate surface area is 135 Å². The number of nitrogens with one attached hydrogen (secondary N) is 2. The number of aromatic amines is 1. The van der Waals surface area contributed by atoms with Gasteiger partial charge in [0.2, 0.25) is 0 Å². The van der Waals surface area contributed by atoms with Crippen molar-refractivity contribution in [3.63, 3.8) is 0 Å². The highest BCUT2D eigenvalue weighted by atomic mass is 35.5. The van der Waals surface area contributed by atoms with E-state index in [1.54, 1.807) is 18.2 Å². The number of amides is 1. The molecule has 2 aromatic rings. The summed E-state index contributed by atoms with van der Waals surface area (Å²) in [7, 11) is 1.53. The number of hydrogen-bond acceptors (Lipinski definition) is 3. The van der Waals surface area contributed by atoms with Crippen LogP contribution in [0.2, 0.25) is 5.02 Å². The zero-order chi connectivity index (χ0) is 16.3. The second-order valence-electron chi connectivity index (χ2n) is 5.63. The van der Waals surface area contributed by atoms with Crippen molar-refractivity contribution in [1.82, 2.24) is 10.2 Å². The van der Waals surface area contributed by atoms with Crippen LogP contribution in [0, 0.1) is 12.8 Å². The zero-order valence-corrected chi connectivity index (χ0v) is 13.9. The molecular formula is C16H20ClN3O2. The monoisotopic (exact) mass is 321 g/mol. The van der Waals surface area contributed by atoms with Crippen LogP contribution in [0.1, 0.15) is 35.6 Å². The zero-order valence-electron chi connectivity index (χ0n) is 13.2. The molecule has 1 amide bonds. The van der Waals surface area contributed by atoms with Gasteiger partial charge in [0.1, 0.15) is 5.75 Å². The van der Waals surface area contributed by atoms with Crippen LogP contribution >= 0.6 is 11.6 Å². The van der Waals surface area contributed by atoms with Crippen molar-refractivity contribution in [3.8, 4) is 5.75 Å². The molecule has 0 bridgehead atoms. The van der Waals surface area contributed by atoms with E-state index in [1.165, 1.54) is 7.11 Å². The molecule has 0 saturated carbocycles. The minimum atomic E-state index is -0.286. The molecule has 0 spiro atoms. The van der Waals surface area contributed by atoms with Crippen molar-refractivity contribution >= 4 is 23.2 Å². The Kier molecular flexibility index (Phi) is 5.08. The molecule has 1 aromatic carbocycles. The van der Waals surface area contributed by atoms with Crippen LogP contribution < -0.4 is 10.1 Å². The van der Waals surface area contributed by atoms with Gasteiger partial charge in [-0.25, -0.2) is 0 Å². The predicted molar refractivity (Wildman–Crippen MR) is 87.8 cm³/mol. The first-order valence-corrected chi connectivity index (χ1v) is 7.48. The first kappa shape index (κ1) is 16.4. The standard InChI is InChI=1S/C16H20ClN3O2/c1-9(2)5-11-7-14(20-19-11)16(21)18-13-6-10(3)12(17)8-15(13)22-4/h6-9H,5H2,1-4H3,(H,18,21)(H,19,20). The quantitative estimate of drug-likeness (QED) is 0.879. The Balaban J connectivity index is 2.18. The molecule has 118 valence electrons. The molecule has 0 aliphatic heterocycles. The van der Waals surface area contributed by atoms with E-state index in [-0.39, 0.29) is 5.91 Å². The summed E-state index contributed by atoms with van der Waals surface area (Å²) in [4.78, 5) is 12.3. The van der Waals surface area contributed by atoms with E-state index in [0.29, 0.717) is 28.1 Å². The summed E-state index contributed by atoms with van der Waals surface area (Å²) in [5.74, 6) is 0.725. The topological polar surface area (TPSA) is 67.0 Å². The Hall–Kier alpha value is -2.01. The van der Waals surface area contributed by atoms with E-state index in [4.69, 9.17) is 16.3 Å². The molecule has 1 heterocycles. The highest BCUT2D eigenvalue weighted by molar-refractivity contribution is 6.31. The smallest absolute Gasteiger partial charge is 0.276 e. The van der Waals surface area contributed by atoms with Gasteiger partial charge in [-0.3, -0.25) is 9.89 Å². The van der Waals surface area contributed by atoms with Gasteiger partial charge in [0.15, 0.2) is 5.69 Å². The van der Waals surface area contributed by atoms with Crippen LogP contribution in [-0.4, -0.2) is 23.2 Å². The van der Waals surface area contributed by atoms with Crippen molar-refractivity contribution in [2.45, 2.75) is 27.2 Å². The van der Waals surface area contributed by atoms with Crippen LogP contribution in [-0.2, 0) is 6.42 Å². The molecule has 0 unspecified atom stereocenters. The number of H-pyrrole nitrogens is 1. The molecule has 0 radical (unpaired) electrons. The molecule has 0 atom stereocenters. The van der Waals surface area contributed by atoms with Crippen LogP contribution in [0.25, 0.3) is 0 Å². The fourth-order valence-corrected chi connectivity index (χ4v) is 2.29. The van der Waals surface area contributed by atoms with Crippen LogP contribution in [0.3, 0.4) is 0 Å². The SMILES string of the molecule is COc1cc(Cl)c(C)cc1NC(=O)c1cc(CC(C)C)[nH]n1. The third-order valence-corrected chi connectivity index (χ3v) is 3.63. The van der Waals surface area contributed by atoms with E-state index in [9.17, 15) is 4.79 Å². The highest BCUT2D eigenvalue weighted by Crippen LogP contribution is 2.31. The number of aryl methyl sites for hydroxylation is 1. The van der Waals surface area contributed by atoms with Crippen LogP contribution in [0.5, 0.6) is 5.75 Å². The number of benzene rings is 1. The molecule has 22 heavy (non-hydrogen) atoms. The number of rotatable bonds is 5. The number of carbonyl (C=O) groups is 1. The molecule has 0 aliphatic carbocycles. The van der Waals surface area contributed by atoms with Crippen molar-refractivity contribution in [3.05, 3.63) is 40.2 Å². The van der Waals surface area contributed by atoms with Gasteiger partial charge in [-0.05, 0) is 37.0 Å². The fourth-order valence-electron chi connectivity index (χ4n) is 2.14. The molecule has 1 aromatic heterocycles. The van der Waals surface area contributed by atoms with Crippen molar-refractivity contribution in [2.75, 3.05) is 12.4 Å². The summed E-state index contributed by atoms with van der Waals surface area (Å²) in [5, 5.41) is 10.3. The van der Waals surface area contributed by atoms with Crippen LogP contribution in [0.4, 0.5) is 5.69 Å². The average molecular weight is 322 g/mol. The molecule has 0 fully saturated rings. The molecule has 2 N–H and O–H groups in total. The number of ether oxygens (including phenoxy) is 1. The lowest BCUT2D eigenvalue weighted by atomic mass is 10.1. The third-order valence-electron chi connectivity index (χ3n) is 3.22. The lowest BCUT2D eigenvalue weighted by molar-refractivity contribution is 0.102. The van der Waals surface area contributed by atoms with E-state index in [0.717, 1.165) is 17.7 Å². The number of anilines is 1. The summed E-state index contributed by atoms with van der Waals surface area (Å²) in [6.45, 7) is 6.09. The number of aromatic nitrogens is 2. The first-order chi connectivity index (χ1) is 10.4. The maximum Gasteiger partial charge on any atom is 0.276 e. The van der Waals surface area contributed by atoms with Gasteiger partial charge in [-0.1, -0.05) is 25.4 Å². The summed E-state index contributed by atoms with van der Waals surface area (Å²) in [6.07, 6.45) is 0.851. The molecule has 0 aliphatic rings. The Morgan fingerprint density at radius 3 is 2.77 bits per heavy atom. The normalized spacial score (nSPS) is 10.8. The predicted octanol–water partition coefficient (Wildman–Crippen LogP) is 3.83. The van der Waals surface area contributed by atoms with Crippen molar-refractivity contribution in [1.29, 1.82) is 0 Å². The van der Waals surface area contributed by atoms with Crippen molar-refractivity contribution < 1.29 is 9.53 Å². The summed E-state index contributed by atoms with van der Waals surface area (Å²) in [6, 6.07) is 5.23. The molecular weight excluding hydrogens is 302 g/mol. The Bertz CT molecular complexity index is 680. The van der Waals surface area contributed by atoms with Gasteiger partial charge in [0, 0.05) is 16.8 Å². The average Bonchev–Trinajstić information content (AvgIpc) is 2.90. The van der Waals surface area contributed by atoms with Crippen LogP contribution in [0.15, 0.2) is 18.2 Å². The molecule has 5 nitrogen and oxygen atoms in total. The number of nitrogens with zero attached hydrogens (tertiary/aromatic N) is 1. The number of methoxy groups -OCH3 is 1. The molecule has 6 heteroatoms. The second kappa shape index (κ2) is 6.83. The van der Waals surface area contributed by atoms with Gasteiger partial charge in [0.05, 0.1) is 12.8 Å². The van der Waals surface area contributed by atoms with Gasteiger partial charge in [-0.2, -0.15) is 5.10 Å².